The number of aliphatic imine (C=N–C) groups is 1. The van der Waals surface area contributed by atoms with Gasteiger partial charge >= 0.3 is 0 Å². The molecule has 3 rings (SSSR count). The molecule has 6 heteroatoms. The van der Waals surface area contributed by atoms with E-state index in [1.54, 1.807) is 14.2 Å². The molecule has 0 fully saturated rings. The monoisotopic (exact) mass is 318 g/mol. The van der Waals surface area contributed by atoms with Crippen molar-refractivity contribution in [2.45, 2.75) is 25.9 Å². The quantitative estimate of drug-likeness (QED) is 0.848. The average Bonchev–Trinajstić information content (AvgIpc) is 2.98. The van der Waals surface area contributed by atoms with E-state index in [0.29, 0.717) is 6.04 Å². The SMILES string of the molecule is COc1cc2c(cc1OC)CN(CCNC1=NCC(C)N1)CC2. The van der Waals surface area contributed by atoms with Gasteiger partial charge < -0.3 is 20.1 Å². The van der Waals surface area contributed by atoms with Gasteiger partial charge in [0.1, 0.15) is 0 Å². The Morgan fingerprint density at radius 2 is 2.00 bits per heavy atom. The normalized spacial score (nSPS) is 20.5. The predicted molar refractivity (Wildman–Crippen MR) is 91.4 cm³/mol. The lowest BCUT2D eigenvalue weighted by Crippen LogP contribution is -2.42. The van der Waals surface area contributed by atoms with Crippen molar-refractivity contribution in [2.75, 3.05) is 40.4 Å². The van der Waals surface area contributed by atoms with Crippen molar-refractivity contribution in [3.63, 3.8) is 0 Å². The van der Waals surface area contributed by atoms with E-state index in [0.717, 1.165) is 56.6 Å². The Morgan fingerprint density at radius 3 is 2.65 bits per heavy atom. The van der Waals surface area contributed by atoms with Crippen molar-refractivity contribution in [1.82, 2.24) is 15.5 Å². The minimum atomic E-state index is 0.446. The molecular formula is C17H26N4O2. The van der Waals surface area contributed by atoms with Crippen LogP contribution in [0.2, 0.25) is 0 Å². The van der Waals surface area contributed by atoms with Crippen LogP contribution >= 0.6 is 0 Å². The topological polar surface area (TPSA) is 58.1 Å². The lowest BCUT2D eigenvalue weighted by molar-refractivity contribution is 0.256. The summed E-state index contributed by atoms with van der Waals surface area (Å²) < 4.78 is 10.8. The Kier molecular flexibility index (Phi) is 4.91. The number of rotatable bonds is 5. The molecule has 2 aliphatic rings. The Labute approximate surface area is 137 Å². The smallest absolute Gasteiger partial charge is 0.191 e. The van der Waals surface area contributed by atoms with Crippen molar-refractivity contribution in [3.05, 3.63) is 23.3 Å². The molecule has 2 aliphatic heterocycles. The van der Waals surface area contributed by atoms with Gasteiger partial charge in [0.05, 0.1) is 20.8 Å². The molecule has 1 aromatic rings. The van der Waals surface area contributed by atoms with Gasteiger partial charge in [-0.2, -0.15) is 0 Å². The molecule has 0 bridgehead atoms. The number of nitrogens with one attached hydrogen (secondary N) is 2. The minimum absolute atomic E-state index is 0.446. The second-order valence-corrected chi connectivity index (χ2v) is 6.16. The van der Waals surface area contributed by atoms with Gasteiger partial charge in [-0.25, -0.2) is 0 Å². The molecule has 0 saturated carbocycles. The molecule has 23 heavy (non-hydrogen) atoms. The summed E-state index contributed by atoms with van der Waals surface area (Å²) in [5, 5.41) is 6.70. The van der Waals surface area contributed by atoms with E-state index in [-0.39, 0.29) is 0 Å². The second-order valence-electron chi connectivity index (χ2n) is 6.16. The Hall–Kier alpha value is -1.95. The molecule has 0 amide bonds. The van der Waals surface area contributed by atoms with E-state index in [4.69, 9.17) is 9.47 Å². The van der Waals surface area contributed by atoms with Gasteiger partial charge in [-0.3, -0.25) is 9.89 Å². The van der Waals surface area contributed by atoms with Gasteiger partial charge in [0, 0.05) is 32.2 Å². The molecule has 0 aliphatic carbocycles. The summed E-state index contributed by atoms with van der Waals surface area (Å²) in [7, 11) is 3.37. The first-order valence-corrected chi connectivity index (χ1v) is 8.20. The van der Waals surface area contributed by atoms with E-state index in [2.05, 4.69) is 39.6 Å². The highest BCUT2D eigenvalue weighted by Gasteiger charge is 2.19. The highest BCUT2D eigenvalue weighted by atomic mass is 16.5. The molecule has 1 aromatic carbocycles. The molecular weight excluding hydrogens is 292 g/mol. The van der Waals surface area contributed by atoms with Gasteiger partial charge in [0.15, 0.2) is 17.5 Å². The lowest BCUT2D eigenvalue weighted by atomic mass is 9.99. The summed E-state index contributed by atoms with van der Waals surface area (Å²) in [5.41, 5.74) is 2.70. The summed E-state index contributed by atoms with van der Waals surface area (Å²) in [4.78, 5) is 6.88. The summed E-state index contributed by atoms with van der Waals surface area (Å²) in [6.45, 7) is 6.93. The van der Waals surface area contributed by atoms with Gasteiger partial charge in [-0.1, -0.05) is 0 Å². The summed E-state index contributed by atoms with van der Waals surface area (Å²) in [5.74, 6) is 2.56. The van der Waals surface area contributed by atoms with Crippen LogP contribution in [-0.4, -0.2) is 57.3 Å². The molecule has 0 radical (unpaired) electrons. The molecule has 0 spiro atoms. The number of fused-ring (bicyclic) bond motifs is 1. The standard InChI is InChI=1S/C17H26N4O2/c1-12-10-19-17(20-12)18-5-7-21-6-4-13-8-15(22-2)16(23-3)9-14(13)11-21/h8-9,12H,4-7,10-11H2,1-3H3,(H2,18,19,20). The highest BCUT2D eigenvalue weighted by molar-refractivity contribution is 5.81. The fourth-order valence-electron chi connectivity index (χ4n) is 3.12. The van der Waals surface area contributed by atoms with Crippen LogP contribution in [0.25, 0.3) is 0 Å². The first-order chi connectivity index (χ1) is 11.2. The number of hydrogen-bond donors (Lipinski definition) is 2. The Morgan fingerprint density at radius 1 is 1.26 bits per heavy atom. The maximum absolute atomic E-state index is 5.42. The molecule has 2 heterocycles. The maximum Gasteiger partial charge on any atom is 0.191 e. The third kappa shape index (κ3) is 3.69. The zero-order valence-electron chi connectivity index (χ0n) is 14.2. The Bertz CT molecular complexity index is 588. The van der Waals surface area contributed by atoms with Gasteiger partial charge in [0.25, 0.3) is 0 Å². The van der Waals surface area contributed by atoms with Crippen LogP contribution in [0.1, 0.15) is 18.1 Å². The fraction of sp³-hybridized carbons (Fsp3) is 0.588. The third-order valence-electron chi connectivity index (χ3n) is 4.42. The van der Waals surface area contributed by atoms with Crippen LogP contribution in [0, 0.1) is 0 Å². The van der Waals surface area contributed by atoms with Crippen molar-refractivity contribution >= 4 is 5.96 Å². The van der Waals surface area contributed by atoms with E-state index in [1.807, 2.05) is 0 Å². The molecule has 1 unspecified atom stereocenters. The summed E-state index contributed by atoms with van der Waals surface area (Å²) in [6, 6.07) is 4.67. The largest absolute Gasteiger partial charge is 0.493 e. The van der Waals surface area contributed by atoms with Crippen LogP contribution in [0.5, 0.6) is 11.5 Å². The number of ether oxygens (including phenoxy) is 2. The van der Waals surface area contributed by atoms with Gasteiger partial charge in [-0.05, 0) is 36.6 Å². The van der Waals surface area contributed by atoms with Crippen LogP contribution in [0.3, 0.4) is 0 Å². The summed E-state index contributed by atoms with van der Waals surface area (Å²) in [6.07, 6.45) is 1.05. The van der Waals surface area contributed by atoms with Crippen molar-refractivity contribution in [3.8, 4) is 11.5 Å². The first-order valence-electron chi connectivity index (χ1n) is 8.20. The molecule has 1 atom stereocenters. The number of guanidine groups is 1. The van der Waals surface area contributed by atoms with E-state index in [1.165, 1.54) is 11.1 Å². The van der Waals surface area contributed by atoms with Crippen LogP contribution in [0.15, 0.2) is 17.1 Å². The molecule has 2 N–H and O–H groups in total. The zero-order valence-corrected chi connectivity index (χ0v) is 14.2. The van der Waals surface area contributed by atoms with Crippen LogP contribution in [-0.2, 0) is 13.0 Å². The van der Waals surface area contributed by atoms with E-state index >= 15 is 0 Å². The molecule has 126 valence electrons. The van der Waals surface area contributed by atoms with E-state index < -0.39 is 0 Å². The average molecular weight is 318 g/mol. The van der Waals surface area contributed by atoms with Crippen molar-refractivity contribution < 1.29 is 9.47 Å². The van der Waals surface area contributed by atoms with Crippen LogP contribution < -0.4 is 20.1 Å². The maximum atomic E-state index is 5.42. The van der Waals surface area contributed by atoms with Crippen molar-refractivity contribution in [1.29, 1.82) is 0 Å². The number of hydrogen-bond acceptors (Lipinski definition) is 6. The third-order valence-corrected chi connectivity index (χ3v) is 4.42. The minimum Gasteiger partial charge on any atom is -0.493 e. The molecule has 0 aromatic heterocycles. The predicted octanol–water partition coefficient (Wildman–Crippen LogP) is 0.999. The van der Waals surface area contributed by atoms with Gasteiger partial charge in [-0.15, -0.1) is 0 Å². The number of methoxy groups -OCH3 is 2. The van der Waals surface area contributed by atoms with Crippen molar-refractivity contribution in [2.24, 2.45) is 4.99 Å². The lowest BCUT2D eigenvalue weighted by Gasteiger charge is -2.29. The molecule has 6 nitrogen and oxygen atoms in total. The zero-order chi connectivity index (χ0) is 16.2. The second kappa shape index (κ2) is 7.08. The van der Waals surface area contributed by atoms with Crippen LogP contribution in [0.4, 0.5) is 0 Å². The fourth-order valence-corrected chi connectivity index (χ4v) is 3.12. The number of benzene rings is 1. The first kappa shape index (κ1) is 15.9. The number of nitrogens with zero attached hydrogens (tertiary/aromatic N) is 2. The van der Waals surface area contributed by atoms with E-state index in [9.17, 15) is 0 Å². The Balaban J connectivity index is 1.55. The molecule has 0 saturated heterocycles. The summed E-state index contributed by atoms with van der Waals surface area (Å²) >= 11 is 0. The van der Waals surface area contributed by atoms with Gasteiger partial charge in [0.2, 0.25) is 0 Å². The highest BCUT2D eigenvalue weighted by Crippen LogP contribution is 2.33.